The van der Waals surface area contributed by atoms with E-state index in [1.54, 1.807) is 6.92 Å². The quantitative estimate of drug-likeness (QED) is 0.404. The summed E-state index contributed by atoms with van der Waals surface area (Å²) < 4.78 is 32.5. The number of hydrazine groups is 1. The summed E-state index contributed by atoms with van der Waals surface area (Å²) in [6.07, 6.45) is 0.234. The third-order valence-corrected chi connectivity index (χ3v) is 4.83. The molecule has 1 aliphatic rings. The molecule has 1 aliphatic heterocycles. The van der Waals surface area contributed by atoms with Crippen molar-refractivity contribution in [2.45, 2.75) is 30.4 Å². The van der Waals surface area contributed by atoms with E-state index in [1.807, 2.05) is 0 Å². The molecule has 10 heteroatoms. The number of nitro groups is 1. The van der Waals surface area contributed by atoms with Crippen LogP contribution in [0.15, 0.2) is 23.1 Å². The highest BCUT2D eigenvalue weighted by atomic mass is 32.2. The van der Waals surface area contributed by atoms with Crippen molar-refractivity contribution in [1.29, 1.82) is 0 Å². The Labute approximate surface area is 121 Å². The molecule has 0 radical (unpaired) electrons. The molecule has 116 valence electrons. The second-order valence-corrected chi connectivity index (χ2v) is 6.33. The van der Waals surface area contributed by atoms with E-state index in [2.05, 4.69) is 10.1 Å². The Morgan fingerprint density at radius 1 is 1.48 bits per heavy atom. The second-order valence-electron chi connectivity index (χ2n) is 4.65. The molecule has 0 spiro atoms. The van der Waals surface area contributed by atoms with Gasteiger partial charge < -0.3 is 10.2 Å². The van der Waals surface area contributed by atoms with Crippen molar-refractivity contribution < 1.29 is 18.1 Å². The molecule has 2 atom stereocenters. The molecule has 1 saturated heterocycles. The number of nitrogens with one attached hydrogen (secondary N) is 2. The Balaban J connectivity index is 2.42. The lowest BCUT2D eigenvalue weighted by Crippen LogP contribution is -2.39. The van der Waals surface area contributed by atoms with E-state index >= 15 is 0 Å². The van der Waals surface area contributed by atoms with Crippen LogP contribution in [0.2, 0.25) is 0 Å². The number of nitrogens with two attached hydrogens (primary N) is 1. The number of hydrogen-bond donors (Lipinski definition) is 3. The average Bonchev–Trinajstić information content (AvgIpc) is 2.82. The molecule has 1 fully saturated rings. The number of nitrogen functional groups attached to an aromatic ring is 1. The van der Waals surface area contributed by atoms with Gasteiger partial charge in [-0.2, -0.15) is 0 Å². The largest absolute Gasteiger partial charge is 0.377 e. The first kappa shape index (κ1) is 15.6. The number of nitrogens with zero attached hydrogens (tertiary/aromatic N) is 1. The highest BCUT2D eigenvalue weighted by Crippen LogP contribution is 2.31. The van der Waals surface area contributed by atoms with Gasteiger partial charge in [-0.1, -0.05) is 6.07 Å². The number of nitro benzene ring substituents is 1. The van der Waals surface area contributed by atoms with Crippen LogP contribution in [0.4, 0.5) is 11.4 Å². The van der Waals surface area contributed by atoms with Crippen LogP contribution in [0.1, 0.15) is 13.3 Å². The average molecular weight is 316 g/mol. The lowest BCUT2D eigenvalue weighted by Gasteiger charge is -2.16. The predicted molar refractivity (Wildman–Crippen MR) is 75.0 cm³/mol. The monoisotopic (exact) mass is 316 g/mol. The van der Waals surface area contributed by atoms with Gasteiger partial charge in [-0.25, -0.2) is 13.1 Å². The van der Waals surface area contributed by atoms with E-state index in [4.69, 9.17) is 10.6 Å². The standard InChI is InChI=1S/C11H16N4O5S/c1-7-8(5-6-20-7)14-21(18,19)10-4-2-3-9(13-12)11(10)15(16)17/h2-4,7-8,13-14H,5-6,12H2,1H3. The zero-order chi connectivity index (χ0) is 15.6. The van der Waals surface area contributed by atoms with Crippen LogP contribution in [-0.4, -0.2) is 32.1 Å². The Bertz CT molecular complexity index is 648. The summed E-state index contributed by atoms with van der Waals surface area (Å²) in [6, 6.07) is 3.47. The Hall–Kier alpha value is -1.75. The van der Waals surface area contributed by atoms with E-state index in [0.29, 0.717) is 13.0 Å². The van der Waals surface area contributed by atoms with E-state index in [9.17, 15) is 18.5 Å². The Morgan fingerprint density at radius 3 is 2.71 bits per heavy atom. The van der Waals surface area contributed by atoms with Gasteiger partial charge in [-0.3, -0.25) is 16.0 Å². The van der Waals surface area contributed by atoms with Crippen molar-refractivity contribution in [2.75, 3.05) is 12.0 Å². The summed E-state index contributed by atoms with van der Waals surface area (Å²) in [6.45, 7) is 2.19. The van der Waals surface area contributed by atoms with Crippen LogP contribution >= 0.6 is 0 Å². The van der Waals surface area contributed by atoms with Crippen molar-refractivity contribution in [3.05, 3.63) is 28.3 Å². The van der Waals surface area contributed by atoms with Gasteiger partial charge in [0.05, 0.1) is 17.1 Å². The van der Waals surface area contributed by atoms with Crippen LogP contribution < -0.4 is 16.0 Å². The number of benzene rings is 1. The molecule has 9 nitrogen and oxygen atoms in total. The Morgan fingerprint density at radius 2 is 2.19 bits per heavy atom. The maximum Gasteiger partial charge on any atom is 0.313 e. The summed E-state index contributed by atoms with van der Waals surface area (Å²) in [7, 11) is -4.05. The maximum atomic E-state index is 12.4. The molecule has 0 bridgehead atoms. The fraction of sp³-hybridized carbons (Fsp3) is 0.455. The molecule has 2 unspecified atom stereocenters. The van der Waals surface area contributed by atoms with Gasteiger partial charge in [0.1, 0.15) is 5.69 Å². The van der Waals surface area contributed by atoms with Gasteiger partial charge in [0.2, 0.25) is 10.0 Å². The first-order valence-electron chi connectivity index (χ1n) is 6.25. The number of hydrogen-bond acceptors (Lipinski definition) is 7. The summed E-state index contributed by atoms with van der Waals surface area (Å²) >= 11 is 0. The van der Waals surface area contributed by atoms with E-state index < -0.39 is 31.6 Å². The summed E-state index contributed by atoms with van der Waals surface area (Å²) in [5.41, 5.74) is 1.48. The van der Waals surface area contributed by atoms with Crippen molar-refractivity contribution >= 4 is 21.4 Å². The van der Waals surface area contributed by atoms with Gasteiger partial charge in [0.15, 0.2) is 4.90 Å². The van der Waals surface area contributed by atoms with Crippen LogP contribution in [0, 0.1) is 10.1 Å². The molecular formula is C11H16N4O5S. The minimum absolute atomic E-state index is 0.0707. The first-order valence-corrected chi connectivity index (χ1v) is 7.73. The number of sulfonamides is 1. The van der Waals surface area contributed by atoms with Crippen molar-refractivity contribution in [2.24, 2.45) is 5.84 Å². The zero-order valence-electron chi connectivity index (χ0n) is 11.3. The van der Waals surface area contributed by atoms with Gasteiger partial charge >= 0.3 is 5.69 Å². The van der Waals surface area contributed by atoms with Gasteiger partial charge in [-0.05, 0) is 25.5 Å². The first-order chi connectivity index (χ1) is 9.86. The number of ether oxygens (including phenoxy) is 1. The lowest BCUT2D eigenvalue weighted by atomic mass is 10.2. The van der Waals surface area contributed by atoms with Crippen molar-refractivity contribution in [1.82, 2.24) is 4.72 Å². The van der Waals surface area contributed by atoms with Crippen LogP contribution in [0.25, 0.3) is 0 Å². The molecular weight excluding hydrogens is 300 g/mol. The van der Waals surface area contributed by atoms with Crippen LogP contribution in [0.3, 0.4) is 0 Å². The maximum absolute atomic E-state index is 12.4. The van der Waals surface area contributed by atoms with Crippen molar-refractivity contribution in [3.63, 3.8) is 0 Å². The smallest absolute Gasteiger partial charge is 0.313 e. The minimum Gasteiger partial charge on any atom is -0.377 e. The number of anilines is 1. The molecule has 2 rings (SSSR count). The van der Waals surface area contributed by atoms with Gasteiger partial charge in [0, 0.05) is 6.61 Å². The number of rotatable bonds is 5. The number of para-hydroxylation sites is 1. The lowest BCUT2D eigenvalue weighted by molar-refractivity contribution is -0.386. The normalized spacial score (nSPS) is 22.2. The molecule has 1 heterocycles. The van der Waals surface area contributed by atoms with Crippen molar-refractivity contribution in [3.8, 4) is 0 Å². The highest BCUT2D eigenvalue weighted by molar-refractivity contribution is 7.89. The van der Waals surface area contributed by atoms with Gasteiger partial charge in [-0.15, -0.1) is 0 Å². The fourth-order valence-electron chi connectivity index (χ4n) is 2.19. The van der Waals surface area contributed by atoms with E-state index in [-0.39, 0.29) is 11.8 Å². The molecule has 4 N–H and O–H groups in total. The molecule has 21 heavy (non-hydrogen) atoms. The summed E-state index contributed by atoms with van der Waals surface area (Å²) in [5, 5.41) is 11.1. The minimum atomic E-state index is -4.05. The molecule has 0 aliphatic carbocycles. The fourth-order valence-corrected chi connectivity index (χ4v) is 3.73. The summed E-state index contributed by atoms with van der Waals surface area (Å²) in [4.78, 5) is 9.93. The molecule has 1 aromatic rings. The third kappa shape index (κ3) is 3.13. The molecule has 0 aromatic heterocycles. The third-order valence-electron chi connectivity index (χ3n) is 3.31. The van der Waals surface area contributed by atoms with E-state index in [1.165, 1.54) is 18.2 Å². The molecule has 1 aromatic carbocycles. The topological polar surface area (TPSA) is 137 Å². The Kier molecular flexibility index (Phi) is 4.42. The summed E-state index contributed by atoms with van der Waals surface area (Å²) in [5.74, 6) is 5.20. The molecule has 0 amide bonds. The highest BCUT2D eigenvalue weighted by Gasteiger charge is 2.34. The second kappa shape index (κ2) is 5.93. The van der Waals surface area contributed by atoms with Crippen LogP contribution in [-0.2, 0) is 14.8 Å². The predicted octanol–water partition coefficient (Wildman–Crippen LogP) is 0.336. The van der Waals surface area contributed by atoms with Crippen LogP contribution in [0.5, 0.6) is 0 Å². The molecule has 0 saturated carbocycles. The zero-order valence-corrected chi connectivity index (χ0v) is 12.1. The SMILES string of the molecule is CC1OCCC1NS(=O)(=O)c1cccc(NN)c1[N+](=O)[O-]. The van der Waals surface area contributed by atoms with E-state index in [0.717, 1.165) is 0 Å². The van der Waals surface area contributed by atoms with Gasteiger partial charge in [0.25, 0.3) is 0 Å².